The summed E-state index contributed by atoms with van der Waals surface area (Å²) in [7, 11) is 1.56. The van der Waals surface area contributed by atoms with Gasteiger partial charge in [0.05, 0.1) is 37.8 Å². The molecule has 0 aliphatic heterocycles. The van der Waals surface area contributed by atoms with Crippen molar-refractivity contribution in [3.63, 3.8) is 0 Å². The molecular weight excluding hydrogens is 376 g/mol. The molecule has 9 heteroatoms. The third-order valence-electron chi connectivity index (χ3n) is 3.94. The van der Waals surface area contributed by atoms with Crippen molar-refractivity contribution < 1.29 is 24.1 Å². The first-order valence-electron chi connectivity index (χ1n) is 9.02. The maximum atomic E-state index is 10.3. The SMILES string of the molecule is CCOc1cc(-c2ccc(OCCNC(=O)[O-])cc2)n(-c2ccc(OC)nc2)n1. The highest BCUT2D eigenvalue weighted by atomic mass is 16.5. The second-order valence-corrected chi connectivity index (χ2v) is 5.86. The Hall–Kier alpha value is -3.75. The van der Waals surface area contributed by atoms with Gasteiger partial charge in [0.25, 0.3) is 0 Å². The van der Waals surface area contributed by atoms with Crippen LogP contribution in [-0.4, -0.2) is 47.7 Å². The lowest BCUT2D eigenvalue weighted by atomic mass is 10.1. The molecule has 0 aliphatic carbocycles. The van der Waals surface area contributed by atoms with Gasteiger partial charge in [-0.25, -0.2) is 9.67 Å². The normalized spacial score (nSPS) is 10.4. The second kappa shape index (κ2) is 9.45. The Bertz CT molecular complexity index is 939. The second-order valence-electron chi connectivity index (χ2n) is 5.86. The van der Waals surface area contributed by atoms with E-state index in [9.17, 15) is 9.90 Å². The molecule has 152 valence electrons. The third-order valence-corrected chi connectivity index (χ3v) is 3.94. The summed E-state index contributed by atoms with van der Waals surface area (Å²) >= 11 is 0. The summed E-state index contributed by atoms with van der Waals surface area (Å²) < 4.78 is 17.9. The largest absolute Gasteiger partial charge is 0.530 e. The molecule has 9 nitrogen and oxygen atoms in total. The number of ether oxygens (including phenoxy) is 3. The van der Waals surface area contributed by atoms with Gasteiger partial charge in [0.2, 0.25) is 11.8 Å². The van der Waals surface area contributed by atoms with E-state index in [2.05, 4.69) is 15.4 Å². The van der Waals surface area contributed by atoms with Crippen LogP contribution in [0.2, 0.25) is 0 Å². The first-order chi connectivity index (χ1) is 14.1. The van der Waals surface area contributed by atoms with Crippen molar-refractivity contribution in [2.24, 2.45) is 0 Å². The first-order valence-corrected chi connectivity index (χ1v) is 9.02. The quantitative estimate of drug-likeness (QED) is 0.547. The van der Waals surface area contributed by atoms with Crippen LogP contribution < -0.4 is 24.6 Å². The Balaban J connectivity index is 1.82. The van der Waals surface area contributed by atoms with Crippen molar-refractivity contribution >= 4 is 6.09 Å². The molecule has 3 rings (SSSR count). The number of carbonyl (C=O) groups is 1. The van der Waals surface area contributed by atoms with Crippen LogP contribution in [0, 0.1) is 0 Å². The van der Waals surface area contributed by atoms with Gasteiger partial charge in [0.15, 0.2) is 0 Å². The number of amides is 1. The number of benzene rings is 1. The smallest absolute Gasteiger partial charge is 0.233 e. The third kappa shape index (κ3) is 5.16. The first kappa shape index (κ1) is 20.0. The molecule has 0 aliphatic rings. The van der Waals surface area contributed by atoms with E-state index in [1.54, 1.807) is 36.2 Å². The molecule has 1 N–H and O–H groups in total. The van der Waals surface area contributed by atoms with Gasteiger partial charge in [-0.05, 0) is 37.3 Å². The number of hydrogen-bond donors (Lipinski definition) is 1. The fourth-order valence-electron chi connectivity index (χ4n) is 2.64. The topological polar surface area (TPSA) is 111 Å². The number of carboxylic acid groups (broad SMARTS) is 1. The number of nitrogens with one attached hydrogen (secondary N) is 1. The van der Waals surface area contributed by atoms with Gasteiger partial charge in [-0.1, -0.05) is 0 Å². The number of carbonyl (C=O) groups excluding carboxylic acids is 1. The van der Waals surface area contributed by atoms with Gasteiger partial charge in [-0.2, -0.15) is 0 Å². The Kier molecular flexibility index (Phi) is 6.51. The lowest BCUT2D eigenvalue weighted by molar-refractivity contribution is -0.250. The average molecular weight is 397 g/mol. The van der Waals surface area contributed by atoms with E-state index in [0.717, 1.165) is 16.9 Å². The molecule has 0 bridgehead atoms. The summed E-state index contributed by atoms with van der Waals surface area (Å²) in [5.41, 5.74) is 2.49. The van der Waals surface area contributed by atoms with Gasteiger partial charge in [0.1, 0.15) is 18.4 Å². The van der Waals surface area contributed by atoms with E-state index in [4.69, 9.17) is 14.2 Å². The highest BCUT2D eigenvalue weighted by Crippen LogP contribution is 2.28. The van der Waals surface area contributed by atoms with E-state index < -0.39 is 6.09 Å². The van der Waals surface area contributed by atoms with E-state index in [-0.39, 0.29) is 13.2 Å². The van der Waals surface area contributed by atoms with Crippen LogP contribution in [0.25, 0.3) is 16.9 Å². The van der Waals surface area contributed by atoms with E-state index >= 15 is 0 Å². The summed E-state index contributed by atoms with van der Waals surface area (Å²) in [5.74, 6) is 1.64. The number of pyridine rings is 1. The number of rotatable bonds is 9. The molecule has 29 heavy (non-hydrogen) atoms. The summed E-state index contributed by atoms with van der Waals surface area (Å²) in [5, 5.41) is 17.0. The van der Waals surface area contributed by atoms with Crippen molar-refractivity contribution in [1.82, 2.24) is 20.1 Å². The summed E-state index contributed by atoms with van der Waals surface area (Å²) in [6.45, 7) is 2.76. The van der Waals surface area contributed by atoms with Crippen LogP contribution in [0.5, 0.6) is 17.5 Å². The van der Waals surface area contributed by atoms with Crippen molar-refractivity contribution in [1.29, 1.82) is 0 Å². The van der Waals surface area contributed by atoms with Gasteiger partial charge in [-0.3, -0.25) is 0 Å². The number of hydrogen-bond acceptors (Lipinski definition) is 7. The fourth-order valence-corrected chi connectivity index (χ4v) is 2.64. The van der Waals surface area contributed by atoms with Crippen LogP contribution in [0.1, 0.15) is 6.92 Å². The minimum atomic E-state index is -1.32. The number of methoxy groups -OCH3 is 1. The van der Waals surface area contributed by atoms with E-state index in [1.165, 1.54) is 0 Å². The van der Waals surface area contributed by atoms with Crippen molar-refractivity contribution in [3.8, 4) is 34.5 Å². The molecule has 0 radical (unpaired) electrons. The van der Waals surface area contributed by atoms with Crippen LogP contribution in [0.4, 0.5) is 4.79 Å². The minimum absolute atomic E-state index is 0.152. The lowest BCUT2D eigenvalue weighted by Gasteiger charge is -2.10. The Morgan fingerprint density at radius 3 is 2.55 bits per heavy atom. The monoisotopic (exact) mass is 397 g/mol. The van der Waals surface area contributed by atoms with Gasteiger partial charge >= 0.3 is 0 Å². The zero-order chi connectivity index (χ0) is 20.6. The zero-order valence-electron chi connectivity index (χ0n) is 16.1. The minimum Gasteiger partial charge on any atom is -0.530 e. The number of aromatic nitrogens is 3. The number of nitrogens with zero attached hydrogens (tertiary/aromatic N) is 3. The van der Waals surface area contributed by atoms with Crippen molar-refractivity contribution in [2.45, 2.75) is 6.92 Å². The zero-order valence-corrected chi connectivity index (χ0v) is 16.1. The highest BCUT2D eigenvalue weighted by molar-refractivity contribution is 5.64. The molecule has 2 aromatic heterocycles. The molecule has 0 saturated heterocycles. The molecule has 0 spiro atoms. The molecule has 3 aromatic rings. The van der Waals surface area contributed by atoms with Crippen molar-refractivity contribution in [2.75, 3.05) is 26.9 Å². The van der Waals surface area contributed by atoms with E-state index in [1.807, 2.05) is 31.2 Å². The van der Waals surface area contributed by atoms with Crippen LogP contribution in [0.15, 0.2) is 48.7 Å². The van der Waals surface area contributed by atoms with Gasteiger partial charge in [0, 0.05) is 17.7 Å². The molecule has 0 saturated carbocycles. The van der Waals surface area contributed by atoms with Gasteiger partial charge < -0.3 is 29.4 Å². The van der Waals surface area contributed by atoms with Gasteiger partial charge in [-0.15, -0.1) is 5.10 Å². The maximum absolute atomic E-state index is 10.3. The average Bonchev–Trinajstić information content (AvgIpc) is 3.16. The summed E-state index contributed by atoms with van der Waals surface area (Å²) in [6, 6.07) is 12.9. The summed E-state index contributed by atoms with van der Waals surface area (Å²) in [4.78, 5) is 14.6. The highest BCUT2D eigenvalue weighted by Gasteiger charge is 2.13. The Morgan fingerprint density at radius 1 is 1.14 bits per heavy atom. The predicted octanol–water partition coefficient (Wildman–Crippen LogP) is 1.65. The molecule has 1 amide bonds. The van der Waals surface area contributed by atoms with Crippen LogP contribution >= 0.6 is 0 Å². The molecule has 0 atom stereocenters. The maximum Gasteiger partial charge on any atom is 0.233 e. The molecule has 0 unspecified atom stereocenters. The fraction of sp³-hybridized carbons (Fsp3) is 0.250. The molecular formula is C20H21N4O5-. The predicted molar refractivity (Wildman–Crippen MR) is 103 cm³/mol. The standard InChI is InChI=1S/C20H22N4O5/c1-3-28-19-12-17(24(23-19)15-6-9-18(27-2)22-13-15)14-4-7-16(8-5-14)29-11-10-21-20(25)26/h4-9,12-13,21H,3,10-11H2,1-2H3,(H,25,26)/p-1. The lowest BCUT2D eigenvalue weighted by Crippen LogP contribution is -2.38. The molecule has 1 aromatic carbocycles. The van der Waals surface area contributed by atoms with E-state index in [0.29, 0.717) is 24.1 Å². The van der Waals surface area contributed by atoms with Crippen LogP contribution in [0.3, 0.4) is 0 Å². The van der Waals surface area contributed by atoms with Crippen LogP contribution in [-0.2, 0) is 0 Å². The Labute approximate surface area is 167 Å². The van der Waals surface area contributed by atoms with Crippen molar-refractivity contribution in [3.05, 3.63) is 48.7 Å². The Morgan fingerprint density at radius 2 is 1.93 bits per heavy atom. The molecule has 2 heterocycles. The summed E-state index contributed by atoms with van der Waals surface area (Å²) in [6.07, 6.45) is 0.350. The molecule has 0 fully saturated rings.